The first-order chi connectivity index (χ1) is 16.1. The third-order valence-electron chi connectivity index (χ3n) is 6.81. The van der Waals surface area contributed by atoms with Gasteiger partial charge in [-0.1, -0.05) is 42.5 Å². The number of likely N-dealkylation sites (tertiary alicyclic amines) is 1. The fourth-order valence-corrected chi connectivity index (χ4v) is 4.95. The van der Waals surface area contributed by atoms with Crippen LogP contribution in [-0.4, -0.2) is 39.6 Å². The molecule has 33 heavy (non-hydrogen) atoms. The third kappa shape index (κ3) is 4.70. The lowest BCUT2D eigenvalue weighted by Crippen LogP contribution is -2.39. The van der Waals surface area contributed by atoms with Crippen LogP contribution in [0.2, 0.25) is 0 Å². The number of piperidine rings is 1. The van der Waals surface area contributed by atoms with Gasteiger partial charge < -0.3 is 4.90 Å². The number of anilines is 1. The highest BCUT2D eigenvalue weighted by Gasteiger charge is 2.26. The van der Waals surface area contributed by atoms with E-state index in [1.54, 1.807) is 4.90 Å². The van der Waals surface area contributed by atoms with E-state index in [1.165, 1.54) is 5.56 Å². The van der Waals surface area contributed by atoms with Gasteiger partial charge in [0.05, 0.1) is 18.8 Å². The number of rotatable bonds is 5. The Kier molecular flexibility index (Phi) is 5.99. The van der Waals surface area contributed by atoms with Crippen LogP contribution >= 0.6 is 0 Å². The average molecular weight is 443 g/mol. The topological polar surface area (TPSA) is 58.4 Å². The maximum atomic E-state index is 13.0. The molecule has 2 amide bonds. The summed E-state index contributed by atoms with van der Waals surface area (Å²) < 4.78 is 1.90. The number of aryl methyl sites for hydroxylation is 2. The van der Waals surface area contributed by atoms with Crippen molar-refractivity contribution >= 4 is 17.6 Å². The van der Waals surface area contributed by atoms with Crippen molar-refractivity contribution in [2.45, 2.75) is 45.7 Å². The van der Waals surface area contributed by atoms with Crippen molar-refractivity contribution in [3.63, 3.8) is 0 Å². The summed E-state index contributed by atoms with van der Waals surface area (Å²) in [5.41, 5.74) is 4.02. The van der Waals surface area contributed by atoms with Gasteiger partial charge in [-0.2, -0.15) is 5.10 Å². The average Bonchev–Trinajstić information content (AvgIpc) is 3.23. The number of hydrogen-bond donors (Lipinski definition) is 0. The lowest BCUT2D eigenvalue weighted by Gasteiger charge is -2.32. The Bertz CT molecular complexity index is 1130. The van der Waals surface area contributed by atoms with Crippen LogP contribution < -0.4 is 4.90 Å². The molecule has 0 N–H and O–H groups in total. The van der Waals surface area contributed by atoms with Crippen LogP contribution in [-0.2, 0) is 24.3 Å². The van der Waals surface area contributed by atoms with E-state index in [1.807, 2.05) is 46.8 Å². The molecule has 170 valence electrons. The minimum Gasteiger partial charge on any atom is -0.339 e. The molecule has 3 heterocycles. The predicted octanol–water partition coefficient (Wildman–Crippen LogP) is 4.22. The van der Waals surface area contributed by atoms with Crippen molar-refractivity contribution in [1.82, 2.24) is 14.7 Å². The first-order valence-electron chi connectivity index (χ1n) is 11.8. The molecule has 0 aliphatic carbocycles. The highest BCUT2D eigenvalue weighted by molar-refractivity contribution is 5.95. The maximum Gasteiger partial charge on any atom is 0.253 e. The first-order valence-corrected chi connectivity index (χ1v) is 11.8. The number of hydrogen-bond acceptors (Lipinski definition) is 3. The molecule has 2 aliphatic rings. The number of benzene rings is 2. The van der Waals surface area contributed by atoms with Gasteiger partial charge in [0.2, 0.25) is 5.91 Å². The summed E-state index contributed by atoms with van der Waals surface area (Å²) in [6, 6.07) is 20.3. The molecule has 6 heteroatoms. The molecule has 0 atom stereocenters. The zero-order chi connectivity index (χ0) is 22.8. The van der Waals surface area contributed by atoms with Gasteiger partial charge in [0.25, 0.3) is 5.91 Å². The lowest BCUT2D eigenvalue weighted by molar-refractivity contribution is -0.119. The SMILES string of the molecule is Cc1cc2n(n1)CCC(=O)N2Cc1ccc(C(=O)N2CCC(Cc3ccccc3)CC2)cc1. The second-order valence-corrected chi connectivity index (χ2v) is 9.22. The fraction of sp³-hybridized carbons (Fsp3) is 0.370. The molecule has 0 spiro atoms. The van der Waals surface area contributed by atoms with E-state index >= 15 is 0 Å². The summed E-state index contributed by atoms with van der Waals surface area (Å²) in [7, 11) is 0. The summed E-state index contributed by atoms with van der Waals surface area (Å²) in [6.45, 7) is 4.68. The van der Waals surface area contributed by atoms with E-state index in [4.69, 9.17) is 0 Å². The molecule has 0 saturated carbocycles. The van der Waals surface area contributed by atoms with Crippen molar-refractivity contribution in [1.29, 1.82) is 0 Å². The Labute approximate surface area is 194 Å². The first kappa shape index (κ1) is 21.4. The van der Waals surface area contributed by atoms with Crippen molar-refractivity contribution in [2.75, 3.05) is 18.0 Å². The van der Waals surface area contributed by atoms with Crippen LogP contribution in [0.3, 0.4) is 0 Å². The van der Waals surface area contributed by atoms with Gasteiger partial charge in [-0.15, -0.1) is 0 Å². The number of fused-ring (bicyclic) bond motifs is 1. The van der Waals surface area contributed by atoms with E-state index in [-0.39, 0.29) is 11.8 Å². The second kappa shape index (κ2) is 9.22. The normalized spacial score (nSPS) is 16.7. The number of amides is 2. The van der Waals surface area contributed by atoms with Crippen LogP contribution in [0.4, 0.5) is 5.82 Å². The Morgan fingerprint density at radius 3 is 2.42 bits per heavy atom. The van der Waals surface area contributed by atoms with Gasteiger partial charge in [0.1, 0.15) is 5.82 Å². The Hall–Kier alpha value is -3.41. The minimum absolute atomic E-state index is 0.0995. The van der Waals surface area contributed by atoms with E-state index in [2.05, 4.69) is 35.4 Å². The molecule has 1 fully saturated rings. The highest BCUT2D eigenvalue weighted by atomic mass is 16.2. The molecular formula is C27H30N4O2. The molecule has 6 nitrogen and oxygen atoms in total. The quantitative estimate of drug-likeness (QED) is 0.594. The van der Waals surface area contributed by atoms with Gasteiger partial charge in [-0.3, -0.25) is 14.5 Å². The molecule has 0 unspecified atom stereocenters. The number of nitrogens with zero attached hydrogens (tertiary/aromatic N) is 4. The number of carbonyl (C=O) groups is 2. The summed E-state index contributed by atoms with van der Waals surface area (Å²) >= 11 is 0. The highest BCUT2D eigenvalue weighted by Crippen LogP contribution is 2.26. The van der Waals surface area contributed by atoms with Crippen LogP contribution in [0.15, 0.2) is 60.7 Å². The van der Waals surface area contributed by atoms with Crippen molar-refractivity contribution in [3.8, 4) is 0 Å². The largest absolute Gasteiger partial charge is 0.339 e. The monoisotopic (exact) mass is 442 g/mol. The maximum absolute atomic E-state index is 13.0. The lowest BCUT2D eigenvalue weighted by atomic mass is 9.90. The fourth-order valence-electron chi connectivity index (χ4n) is 4.95. The van der Waals surface area contributed by atoms with Crippen LogP contribution in [0.25, 0.3) is 0 Å². The molecule has 1 aromatic heterocycles. The standard InChI is InChI=1S/C27H30N4O2/c1-20-17-25-30(26(32)13-16-31(25)28-20)19-23-7-9-24(10-8-23)27(33)29-14-11-22(12-15-29)18-21-5-3-2-4-6-21/h2-10,17,22H,11-16,18-19H2,1H3. The van der Waals surface area contributed by atoms with Crippen molar-refractivity contribution in [3.05, 3.63) is 83.0 Å². The van der Waals surface area contributed by atoms with Gasteiger partial charge >= 0.3 is 0 Å². The smallest absolute Gasteiger partial charge is 0.253 e. The van der Waals surface area contributed by atoms with Crippen molar-refractivity contribution < 1.29 is 9.59 Å². The summed E-state index contributed by atoms with van der Waals surface area (Å²) in [4.78, 5) is 29.3. The zero-order valence-corrected chi connectivity index (χ0v) is 19.1. The summed E-state index contributed by atoms with van der Waals surface area (Å²) in [5, 5.41) is 4.47. The van der Waals surface area contributed by atoms with E-state index in [0.717, 1.165) is 49.4 Å². The predicted molar refractivity (Wildman–Crippen MR) is 128 cm³/mol. The van der Waals surface area contributed by atoms with E-state index < -0.39 is 0 Å². The summed E-state index contributed by atoms with van der Waals surface area (Å²) in [6.07, 6.45) is 3.64. The van der Waals surface area contributed by atoms with Crippen LogP contribution in [0.1, 0.15) is 46.4 Å². The minimum atomic E-state index is 0.0995. The van der Waals surface area contributed by atoms with E-state index in [0.29, 0.717) is 31.0 Å². The molecule has 5 rings (SSSR count). The number of aromatic nitrogens is 2. The Balaban J connectivity index is 1.19. The molecule has 2 aliphatic heterocycles. The van der Waals surface area contributed by atoms with Gasteiger partial charge in [-0.25, -0.2) is 4.68 Å². The van der Waals surface area contributed by atoms with Gasteiger partial charge in [-0.05, 0) is 55.4 Å². The summed E-state index contributed by atoms with van der Waals surface area (Å²) in [5.74, 6) is 1.70. The van der Waals surface area contributed by atoms with E-state index in [9.17, 15) is 9.59 Å². The molecule has 1 saturated heterocycles. The van der Waals surface area contributed by atoms with Gasteiger partial charge in [0.15, 0.2) is 0 Å². The molecule has 0 bridgehead atoms. The van der Waals surface area contributed by atoms with Gasteiger partial charge in [0, 0.05) is 31.1 Å². The van der Waals surface area contributed by atoms with Crippen LogP contribution in [0, 0.1) is 12.8 Å². The zero-order valence-electron chi connectivity index (χ0n) is 19.1. The molecule has 2 aromatic carbocycles. The van der Waals surface area contributed by atoms with Crippen LogP contribution in [0.5, 0.6) is 0 Å². The third-order valence-corrected chi connectivity index (χ3v) is 6.81. The Morgan fingerprint density at radius 1 is 0.970 bits per heavy atom. The Morgan fingerprint density at radius 2 is 1.70 bits per heavy atom. The molecular weight excluding hydrogens is 412 g/mol. The second-order valence-electron chi connectivity index (χ2n) is 9.22. The number of carbonyl (C=O) groups excluding carboxylic acids is 2. The molecule has 0 radical (unpaired) electrons. The molecule has 3 aromatic rings. The van der Waals surface area contributed by atoms with Crippen molar-refractivity contribution in [2.24, 2.45) is 5.92 Å².